The number of allylic oxidation sites excluding steroid dienone is 1. The van der Waals surface area contributed by atoms with Crippen LogP contribution in [0.3, 0.4) is 0 Å². The Kier molecular flexibility index (Phi) is 3.83. The summed E-state index contributed by atoms with van der Waals surface area (Å²) in [4.78, 5) is 0. The van der Waals surface area contributed by atoms with Gasteiger partial charge in [-0.3, -0.25) is 0 Å². The van der Waals surface area contributed by atoms with E-state index in [1.807, 2.05) is 31.2 Å². The zero-order chi connectivity index (χ0) is 15.9. The van der Waals surface area contributed by atoms with Gasteiger partial charge in [0.25, 0.3) is 0 Å². The number of fused-ring (bicyclic) bond motifs is 1. The van der Waals surface area contributed by atoms with Gasteiger partial charge in [0, 0.05) is 22.2 Å². The first-order valence-corrected chi connectivity index (χ1v) is 7.34. The van der Waals surface area contributed by atoms with Crippen LogP contribution in [-0.4, -0.2) is 14.2 Å². The molecule has 0 bridgehead atoms. The fraction of sp³-hybridized carbons (Fsp3) is 0.222. The van der Waals surface area contributed by atoms with E-state index in [1.165, 1.54) is 13.2 Å². The number of halogens is 2. The summed E-state index contributed by atoms with van der Waals surface area (Å²) < 4.78 is 25.2. The van der Waals surface area contributed by atoms with Crippen molar-refractivity contribution < 1.29 is 13.9 Å². The maximum absolute atomic E-state index is 14.4. The van der Waals surface area contributed by atoms with Gasteiger partial charge >= 0.3 is 0 Å². The van der Waals surface area contributed by atoms with Gasteiger partial charge in [0.15, 0.2) is 11.5 Å². The molecule has 0 heterocycles. The monoisotopic (exact) mass is 318 g/mol. The van der Waals surface area contributed by atoms with Crippen molar-refractivity contribution in [3.63, 3.8) is 0 Å². The topological polar surface area (TPSA) is 18.5 Å². The van der Waals surface area contributed by atoms with Crippen molar-refractivity contribution in [3.05, 3.63) is 63.4 Å². The normalized spacial score (nSPS) is 13.3. The lowest BCUT2D eigenvalue weighted by molar-refractivity contribution is 0.351. The highest BCUT2D eigenvalue weighted by Crippen LogP contribution is 2.47. The highest BCUT2D eigenvalue weighted by atomic mass is 35.5. The molecule has 1 aliphatic carbocycles. The Morgan fingerprint density at radius 3 is 2.36 bits per heavy atom. The molecule has 2 aromatic rings. The summed E-state index contributed by atoms with van der Waals surface area (Å²) in [6.45, 7) is 2.01. The van der Waals surface area contributed by atoms with Crippen molar-refractivity contribution in [1.29, 1.82) is 0 Å². The van der Waals surface area contributed by atoms with Gasteiger partial charge in [0.1, 0.15) is 5.82 Å². The Hall–Kier alpha value is -2.00. The van der Waals surface area contributed by atoms with Crippen molar-refractivity contribution in [2.75, 3.05) is 14.2 Å². The third-order valence-corrected chi connectivity index (χ3v) is 4.23. The molecule has 1 aliphatic rings. The molecule has 0 atom stereocenters. The molecule has 0 saturated carbocycles. The van der Waals surface area contributed by atoms with Crippen molar-refractivity contribution in [2.24, 2.45) is 0 Å². The van der Waals surface area contributed by atoms with Gasteiger partial charge < -0.3 is 9.47 Å². The van der Waals surface area contributed by atoms with E-state index in [0.717, 1.165) is 22.3 Å². The summed E-state index contributed by atoms with van der Waals surface area (Å²) >= 11 is 5.97. The third kappa shape index (κ3) is 2.26. The van der Waals surface area contributed by atoms with Gasteiger partial charge in [-0.2, -0.15) is 0 Å². The summed E-state index contributed by atoms with van der Waals surface area (Å²) in [6, 6.07) is 8.92. The molecule has 0 saturated heterocycles. The smallest absolute Gasteiger partial charge is 0.169 e. The number of hydrogen-bond acceptors (Lipinski definition) is 2. The van der Waals surface area contributed by atoms with Crippen LogP contribution >= 0.6 is 11.6 Å². The Morgan fingerprint density at radius 1 is 1.09 bits per heavy atom. The van der Waals surface area contributed by atoms with Crippen LogP contribution in [0.15, 0.2) is 35.9 Å². The van der Waals surface area contributed by atoms with Gasteiger partial charge in [-0.15, -0.1) is 0 Å². The maximum atomic E-state index is 14.4. The van der Waals surface area contributed by atoms with Gasteiger partial charge in [0.2, 0.25) is 0 Å². The predicted molar refractivity (Wildman–Crippen MR) is 86.4 cm³/mol. The van der Waals surface area contributed by atoms with Crippen molar-refractivity contribution in [1.82, 2.24) is 0 Å². The van der Waals surface area contributed by atoms with Crippen LogP contribution in [0.1, 0.15) is 23.6 Å². The van der Waals surface area contributed by atoms with Gasteiger partial charge in [-0.25, -0.2) is 4.39 Å². The van der Waals surface area contributed by atoms with Gasteiger partial charge in [0.05, 0.1) is 14.2 Å². The molecule has 0 aromatic heterocycles. The molecule has 3 rings (SSSR count). The summed E-state index contributed by atoms with van der Waals surface area (Å²) in [5.74, 6) is 0.705. The minimum Gasteiger partial charge on any atom is -0.493 e. The Bertz CT molecular complexity index is 764. The molecular weight excluding hydrogens is 303 g/mol. The van der Waals surface area contributed by atoms with Crippen LogP contribution < -0.4 is 9.47 Å². The van der Waals surface area contributed by atoms with Crippen molar-refractivity contribution in [3.8, 4) is 11.5 Å². The molecule has 0 unspecified atom stereocenters. The number of hydrogen-bond donors (Lipinski definition) is 0. The third-order valence-electron chi connectivity index (χ3n) is 3.97. The lowest BCUT2D eigenvalue weighted by atomic mass is 9.96. The second kappa shape index (κ2) is 5.65. The lowest BCUT2D eigenvalue weighted by Gasteiger charge is -2.16. The van der Waals surface area contributed by atoms with Gasteiger partial charge in [-0.05, 0) is 36.6 Å². The Balaban J connectivity index is 2.27. The lowest BCUT2D eigenvalue weighted by Crippen LogP contribution is -2.00. The first-order valence-electron chi connectivity index (χ1n) is 6.96. The van der Waals surface area contributed by atoms with Crippen LogP contribution in [-0.2, 0) is 6.42 Å². The molecule has 0 radical (unpaired) electrons. The molecule has 0 spiro atoms. The number of rotatable bonds is 3. The van der Waals surface area contributed by atoms with E-state index in [-0.39, 0.29) is 5.82 Å². The first kappa shape index (κ1) is 14.9. The van der Waals surface area contributed by atoms with Crippen LogP contribution in [0.4, 0.5) is 4.39 Å². The highest BCUT2D eigenvalue weighted by molar-refractivity contribution is 6.30. The molecule has 0 fully saturated rings. The minimum atomic E-state index is -0.268. The summed E-state index contributed by atoms with van der Waals surface area (Å²) in [5.41, 5.74) is 4.51. The second-order valence-corrected chi connectivity index (χ2v) is 5.72. The highest BCUT2D eigenvalue weighted by Gasteiger charge is 2.29. The van der Waals surface area contributed by atoms with E-state index in [1.54, 1.807) is 7.11 Å². The Morgan fingerprint density at radius 2 is 1.77 bits per heavy atom. The van der Waals surface area contributed by atoms with Gasteiger partial charge in [-0.1, -0.05) is 29.3 Å². The molecule has 4 heteroatoms. The quantitative estimate of drug-likeness (QED) is 0.803. The van der Waals surface area contributed by atoms with E-state index in [4.69, 9.17) is 21.1 Å². The van der Waals surface area contributed by atoms with Crippen molar-refractivity contribution >= 4 is 17.2 Å². The Labute approximate surface area is 134 Å². The van der Waals surface area contributed by atoms with E-state index in [2.05, 4.69) is 0 Å². The predicted octanol–water partition coefficient (Wildman–Crippen LogP) is 4.87. The fourth-order valence-corrected chi connectivity index (χ4v) is 3.14. The summed E-state index contributed by atoms with van der Waals surface area (Å²) in [6.07, 6.45) is 0.569. The minimum absolute atomic E-state index is 0.268. The largest absolute Gasteiger partial charge is 0.493 e. The standard InChI is InChI=1S/C18H16ClFO2/c1-10-8-13-14(20)9-15(21-2)18(22-3)17(13)16(10)11-4-6-12(19)7-5-11/h4-7,9H,8H2,1-3H3. The molecular formula is C18H16ClFO2. The van der Waals surface area contributed by atoms with Crippen LogP contribution in [0, 0.1) is 5.82 Å². The number of ether oxygens (including phenoxy) is 2. The average Bonchev–Trinajstić information content (AvgIpc) is 2.86. The van der Waals surface area contributed by atoms with E-state index < -0.39 is 0 Å². The fourth-order valence-electron chi connectivity index (χ4n) is 3.01. The van der Waals surface area contributed by atoms with Crippen LogP contribution in [0.5, 0.6) is 11.5 Å². The van der Waals surface area contributed by atoms with E-state index in [0.29, 0.717) is 28.5 Å². The zero-order valence-electron chi connectivity index (χ0n) is 12.7. The molecule has 2 aromatic carbocycles. The van der Waals surface area contributed by atoms with Crippen LogP contribution in [0.25, 0.3) is 5.57 Å². The zero-order valence-corrected chi connectivity index (χ0v) is 13.4. The SMILES string of the molecule is COc1cc(F)c2c(c1OC)C(c1ccc(Cl)cc1)=C(C)C2. The van der Waals surface area contributed by atoms with E-state index >= 15 is 0 Å². The van der Waals surface area contributed by atoms with Crippen LogP contribution in [0.2, 0.25) is 5.02 Å². The number of benzene rings is 2. The average molecular weight is 319 g/mol. The first-order chi connectivity index (χ1) is 10.6. The summed E-state index contributed by atoms with van der Waals surface area (Å²) in [5, 5.41) is 0.670. The maximum Gasteiger partial charge on any atom is 0.169 e. The molecule has 2 nitrogen and oxygen atoms in total. The molecule has 22 heavy (non-hydrogen) atoms. The summed E-state index contributed by atoms with van der Waals surface area (Å²) in [7, 11) is 3.08. The number of methoxy groups -OCH3 is 2. The van der Waals surface area contributed by atoms with Crippen molar-refractivity contribution in [2.45, 2.75) is 13.3 Å². The molecule has 114 valence electrons. The molecule has 0 aliphatic heterocycles. The second-order valence-electron chi connectivity index (χ2n) is 5.29. The van der Waals surface area contributed by atoms with E-state index in [9.17, 15) is 4.39 Å². The molecule has 0 amide bonds. The molecule has 0 N–H and O–H groups in total.